The Morgan fingerprint density at radius 2 is 2.00 bits per heavy atom. The van der Waals surface area contributed by atoms with Gasteiger partial charge in [0.05, 0.1) is 0 Å². The fraction of sp³-hybridized carbons (Fsp3) is 0.579. The van der Waals surface area contributed by atoms with Gasteiger partial charge in [0.15, 0.2) is 5.11 Å². The van der Waals surface area contributed by atoms with Crippen molar-refractivity contribution in [2.24, 2.45) is 0 Å². The number of carbonyl (C=O) groups excluding carboxylic acids is 1. The number of hydrogen-bond donors (Lipinski definition) is 2. The zero-order valence-corrected chi connectivity index (χ0v) is 15.8. The Hall–Kier alpha value is -1.66. The number of anilines is 2. The lowest BCUT2D eigenvalue weighted by atomic mass is 10.1. The molecule has 0 aliphatic carbocycles. The van der Waals surface area contributed by atoms with Gasteiger partial charge in [-0.05, 0) is 82.2 Å². The van der Waals surface area contributed by atoms with Crippen LogP contribution in [0.1, 0.15) is 37.7 Å². The summed E-state index contributed by atoms with van der Waals surface area (Å²) in [4.78, 5) is 16.4. The van der Waals surface area contributed by atoms with E-state index in [9.17, 15) is 4.79 Å². The van der Waals surface area contributed by atoms with Gasteiger partial charge in [0.2, 0.25) is 5.91 Å². The SMILES string of the molecule is Cc1ccc(NC(=S)NCCCN2CCCC2)cc1N1CCCC1=O. The predicted octanol–water partition coefficient (Wildman–Crippen LogP) is 2.89. The van der Waals surface area contributed by atoms with Crippen LogP contribution in [0.4, 0.5) is 11.4 Å². The van der Waals surface area contributed by atoms with Gasteiger partial charge >= 0.3 is 0 Å². The van der Waals surface area contributed by atoms with E-state index in [1.165, 1.54) is 25.9 Å². The fourth-order valence-electron chi connectivity index (χ4n) is 3.57. The quantitative estimate of drug-likeness (QED) is 0.603. The van der Waals surface area contributed by atoms with Crippen LogP contribution in [0.15, 0.2) is 18.2 Å². The zero-order valence-electron chi connectivity index (χ0n) is 15.0. The molecule has 25 heavy (non-hydrogen) atoms. The summed E-state index contributed by atoms with van der Waals surface area (Å²) in [6.07, 6.45) is 5.36. The van der Waals surface area contributed by atoms with Gasteiger partial charge in [-0.15, -0.1) is 0 Å². The van der Waals surface area contributed by atoms with Crippen molar-refractivity contribution in [3.8, 4) is 0 Å². The third-order valence-electron chi connectivity index (χ3n) is 4.97. The Balaban J connectivity index is 1.48. The van der Waals surface area contributed by atoms with E-state index in [0.717, 1.165) is 49.4 Å². The molecule has 0 spiro atoms. The Morgan fingerprint density at radius 3 is 2.72 bits per heavy atom. The standard InChI is InChI=1S/C19H28N4OS/c1-15-7-8-16(14-17(15)23-13-4-6-18(23)24)21-19(25)20-9-5-12-22-10-2-3-11-22/h7-8,14H,2-6,9-13H2,1H3,(H2,20,21,25). The maximum absolute atomic E-state index is 12.0. The number of amides is 1. The molecular weight excluding hydrogens is 332 g/mol. The van der Waals surface area contributed by atoms with Crippen LogP contribution in [-0.4, -0.2) is 48.6 Å². The summed E-state index contributed by atoms with van der Waals surface area (Å²) in [6, 6.07) is 6.08. The van der Waals surface area contributed by atoms with Gasteiger partial charge in [0.25, 0.3) is 0 Å². The van der Waals surface area contributed by atoms with Crippen molar-refractivity contribution in [2.75, 3.05) is 42.9 Å². The highest BCUT2D eigenvalue weighted by molar-refractivity contribution is 7.80. The second-order valence-electron chi connectivity index (χ2n) is 6.93. The normalized spacial score (nSPS) is 18.0. The van der Waals surface area contributed by atoms with Gasteiger partial charge in [-0.3, -0.25) is 4.79 Å². The first-order valence-electron chi connectivity index (χ1n) is 9.32. The highest BCUT2D eigenvalue weighted by Gasteiger charge is 2.23. The van der Waals surface area contributed by atoms with Crippen LogP contribution in [0, 0.1) is 6.92 Å². The first kappa shape index (κ1) is 18.1. The van der Waals surface area contributed by atoms with Crippen LogP contribution in [0.2, 0.25) is 0 Å². The molecule has 2 aliphatic rings. The molecule has 0 unspecified atom stereocenters. The molecule has 2 saturated heterocycles. The molecule has 0 bridgehead atoms. The van der Waals surface area contributed by atoms with Crippen LogP contribution in [0.5, 0.6) is 0 Å². The monoisotopic (exact) mass is 360 g/mol. The maximum Gasteiger partial charge on any atom is 0.227 e. The lowest BCUT2D eigenvalue weighted by molar-refractivity contribution is -0.117. The number of nitrogens with zero attached hydrogens (tertiary/aromatic N) is 2. The molecule has 5 nitrogen and oxygen atoms in total. The molecule has 0 saturated carbocycles. The van der Waals surface area contributed by atoms with E-state index >= 15 is 0 Å². The predicted molar refractivity (Wildman–Crippen MR) is 107 cm³/mol. The van der Waals surface area contributed by atoms with E-state index in [4.69, 9.17) is 12.2 Å². The number of nitrogens with one attached hydrogen (secondary N) is 2. The van der Waals surface area contributed by atoms with E-state index in [1.54, 1.807) is 0 Å². The first-order valence-corrected chi connectivity index (χ1v) is 9.72. The summed E-state index contributed by atoms with van der Waals surface area (Å²) < 4.78 is 0. The van der Waals surface area contributed by atoms with Gasteiger partial charge < -0.3 is 20.4 Å². The second-order valence-corrected chi connectivity index (χ2v) is 7.34. The van der Waals surface area contributed by atoms with Crippen LogP contribution in [0.25, 0.3) is 0 Å². The van der Waals surface area contributed by atoms with Crippen molar-refractivity contribution in [1.82, 2.24) is 10.2 Å². The first-order chi connectivity index (χ1) is 12.1. The molecule has 136 valence electrons. The molecule has 2 aliphatic heterocycles. The van der Waals surface area contributed by atoms with Gasteiger partial charge in [0, 0.05) is 30.9 Å². The van der Waals surface area contributed by atoms with Crippen molar-refractivity contribution >= 4 is 34.6 Å². The summed E-state index contributed by atoms with van der Waals surface area (Å²) in [6.45, 7) is 7.35. The highest BCUT2D eigenvalue weighted by atomic mass is 32.1. The van der Waals surface area contributed by atoms with Crippen molar-refractivity contribution in [3.63, 3.8) is 0 Å². The molecule has 0 atom stereocenters. The third-order valence-corrected chi connectivity index (χ3v) is 5.21. The average molecular weight is 361 g/mol. The Labute approximate surface area is 155 Å². The summed E-state index contributed by atoms with van der Waals surface area (Å²) in [5.41, 5.74) is 3.03. The minimum Gasteiger partial charge on any atom is -0.362 e. The van der Waals surface area contributed by atoms with Crippen LogP contribution in [0.3, 0.4) is 0 Å². The number of aryl methyl sites for hydroxylation is 1. The molecule has 0 radical (unpaired) electrons. The summed E-state index contributed by atoms with van der Waals surface area (Å²) >= 11 is 5.40. The topological polar surface area (TPSA) is 47.6 Å². The number of thiocarbonyl (C=S) groups is 1. The van der Waals surface area contributed by atoms with E-state index in [2.05, 4.69) is 15.5 Å². The van der Waals surface area contributed by atoms with E-state index in [-0.39, 0.29) is 5.91 Å². The molecule has 1 aromatic carbocycles. The molecule has 1 amide bonds. The minimum atomic E-state index is 0.211. The van der Waals surface area contributed by atoms with Crippen LogP contribution in [-0.2, 0) is 4.79 Å². The third kappa shape index (κ3) is 4.92. The van der Waals surface area contributed by atoms with Crippen LogP contribution >= 0.6 is 12.2 Å². The van der Waals surface area contributed by atoms with E-state index < -0.39 is 0 Å². The smallest absolute Gasteiger partial charge is 0.227 e. The Kier molecular flexibility index (Phi) is 6.26. The number of benzene rings is 1. The lowest BCUT2D eigenvalue weighted by Gasteiger charge is -2.20. The molecule has 2 N–H and O–H groups in total. The molecule has 1 aromatic rings. The molecule has 3 rings (SSSR count). The molecule has 2 heterocycles. The van der Waals surface area contributed by atoms with E-state index in [1.807, 2.05) is 30.0 Å². The Bertz CT molecular complexity index is 628. The van der Waals surface area contributed by atoms with Gasteiger partial charge in [-0.1, -0.05) is 6.07 Å². The zero-order chi connectivity index (χ0) is 17.6. The van der Waals surface area contributed by atoms with Gasteiger partial charge in [-0.25, -0.2) is 0 Å². The summed E-state index contributed by atoms with van der Waals surface area (Å²) in [5.74, 6) is 0.211. The maximum atomic E-state index is 12.0. The van der Waals surface area contributed by atoms with Crippen LogP contribution < -0.4 is 15.5 Å². The summed E-state index contributed by atoms with van der Waals surface area (Å²) in [7, 11) is 0. The number of likely N-dealkylation sites (tertiary alicyclic amines) is 1. The Morgan fingerprint density at radius 1 is 1.20 bits per heavy atom. The molecule has 2 fully saturated rings. The number of carbonyl (C=O) groups is 1. The fourth-order valence-corrected chi connectivity index (χ4v) is 3.79. The van der Waals surface area contributed by atoms with Gasteiger partial charge in [-0.2, -0.15) is 0 Å². The van der Waals surface area contributed by atoms with Crippen molar-refractivity contribution in [3.05, 3.63) is 23.8 Å². The number of hydrogen-bond acceptors (Lipinski definition) is 3. The van der Waals surface area contributed by atoms with E-state index in [0.29, 0.717) is 11.5 Å². The molecular formula is C19H28N4OS. The highest BCUT2D eigenvalue weighted by Crippen LogP contribution is 2.28. The number of rotatable bonds is 6. The van der Waals surface area contributed by atoms with Gasteiger partial charge in [0.1, 0.15) is 0 Å². The lowest BCUT2D eigenvalue weighted by Crippen LogP contribution is -2.31. The summed E-state index contributed by atoms with van der Waals surface area (Å²) in [5, 5.41) is 7.17. The minimum absolute atomic E-state index is 0.211. The van der Waals surface area contributed by atoms with Crippen molar-refractivity contribution < 1.29 is 4.79 Å². The average Bonchev–Trinajstić information content (AvgIpc) is 3.25. The van der Waals surface area contributed by atoms with Crippen molar-refractivity contribution in [1.29, 1.82) is 0 Å². The molecule has 6 heteroatoms. The largest absolute Gasteiger partial charge is 0.362 e. The molecule has 0 aromatic heterocycles. The van der Waals surface area contributed by atoms with Crippen molar-refractivity contribution in [2.45, 2.75) is 39.0 Å². The second kappa shape index (κ2) is 8.63.